The molecule has 4 aliphatic rings. The number of carboxylic acids is 1. The second-order valence-electron chi connectivity index (χ2n) is 17.6. The number of aliphatic hydroxyl groups is 3. The molecule has 1 saturated heterocycles. The highest BCUT2D eigenvalue weighted by atomic mass is 16.4. The van der Waals surface area contributed by atoms with E-state index in [9.17, 15) is 25.2 Å². The summed E-state index contributed by atoms with van der Waals surface area (Å²) in [6.45, 7) is 6.24. The van der Waals surface area contributed by atoms with Crippen molar-refractivity contribution in [1.82, 2.24) is 10.6 Å². The summed E-state index contributed by atoms with van der Waals surface area (Å²) in [5.41, 5.74) is 5.37. The zero-order valence-corrected chi connectivity index (χ0v) is 32.4. The van der Waals surface area contributed by atoms with Gasteiger partial charge in [-0.15, -0.1) is 0 Å². The molecule has 0 aromatic heterocycles. The largest absolute Gasteiger partial charge is 0.481 e. The van der Waals surface area contributed by atoms with E-state index in [4.69, 9.17) is 5.73 Å². The highest BCUT2D eigenvalue weighted by Gasteiger charge is 2.45. The fourth-order valence-electron chi connectivity index (χ4n) is 10.0. The van der Waals surface area contributed by atoms with E-state index in [-0.39, 0.29) is 24.2 Å². The Kier molecular flexibility index (Phi) is 18.5. The molecular formula is C43H77N3O5. The molecule has 0 amide bonds. The van der Waals surface area contributed by atoms with E-state index < -0.39 is 23.6 Å². The van der Waals surface area contributed by atoms with Crippen molar-refractivity contribution in [3.05, 3.63) is 24.3 Å². The number of nitrogens with one attached hydrogen (secondary N) is 2. The average Bonchev–Trinajstić information content (AvgIpc) is 3.42. The van der Waals surface area contributed by atoms with Crippen LogP contribution in [0.5, 0.6) is 0 Å². The Hall–Kier alpha value is -1.29. The number of piperidine rings is 1. The Labute approximate surface area is 310 Å². The van der Waals surface area contributed by atoms with Crippen LogP contribution in [0.15, 0.2) is 24.3 Å². The summed E-state index contributed by atoms with van der Waals surface area (Å²) in [4.78, 5) is 12.3. The molecule has 294 valence electrons. The second-order valence-corrected chi connectivity index (χ2v) is 17.6. The standard InChI is InChI=1S/C43H77N3O5/c1-3-4-7-14-33-19-20-35(40(48)26-33)15-10-6-11-16-38(42(49)50)39(47)21-23-43(51)28-36(25-34-22-24-45-41(44)27-34)37(29-43)30-46-31(2)17-18-32-12-8-5-9-13-32/h17-20,31-41,45-48,51H,3-16,21-30,44H2,1-2H3,(H,49,50)/t31-,33-,34?,35+,36+,37-,38-,39+,40+,41?,43-/m0/s1. The lowest BCUT2D eigenvalue weighted by atomic mass is 9.81. The number of rotatable bonds is 22. The number of aliphatic hydroxyl groups excluding tert-OH is 2. The molecule has 8 heteroatoms. The highest BCUT2D eigenvalue weighted by molar-refractivity contribution is 5.70. The molecule has 3 fully saturated rings. The van der Waals surface area contributed by atoms with E-state index in [1.807, 2.05) is 0 Å². The molecule has 0 bridgehead atoms. The van der Waals surface area contributed by atoms with Gasteiger partial charge in [-0.3, -0.25) is 4.79 Å². The van der Waals surface area contributed by atoms with Gasteiger partial charge in [0.05, 0.1) is 29.9 Å². The van der Waals surface area contributed by atoms with Gasteiger partial charge in [0.15, 0.2) is 0 Å². The van der Waals surface area contributed by atoms with Crippen molar-refractivity contribution in [3.63, 3.8) is 0 Å². The van der Waals surface area contributed by atoms with Gasteiger partial charge in [0.1, 0.15) is 0 Å². The Balaban J connectivity index is 1.22. The number of hydrogen-bond donors (Lipinski definition) is 7. The van der Waals surface area contributed by atoms with Gasteiger partial charge in [0, 0.05) is 12.0 Å². The zero-order chi connectivity index (χ0) is 36.6. The Bertz CT molecular complexity index is 1050. The van der Waals surface area contributed by atoms with Gasteiger partial charge in [-0.2, -0.15) is 0 Å². The average molecular weight is 716 g/mol. The van der Waals surface area contributed by atoms with Crippen molar-refractivity contribution >= 4 is 5.97 Å². The lowest BCUT2D eigenvalue weighted by molar-refractivity contribution is -0.146. The summed E-state index contributed by atoms with van der Waals surface area (Å²) in [5, 5.41) is 50.9. The molecule has 0 spiro atoms. The van der Waals surface area contributed by atoms with E-state index >= 15 is 0 Å². The first-order valence-corrected chi connectivity index (χ1v) is 21.5. The summed E-state index contributed by atoms with van der Waals surface area (Å²) < 4.78 is 0. The van der Waals surface area contributed by atoms with Crippen molar-refractivity contribution in [2.24, 2.45) is 47.2 Å². The van der Waals surface area contributed by atoms with Crippen molar-refractivity contribution in [3.8, 4) is 0 Å². The predicted molar refractivity (Wildman–Crippen MR) is 208 cm³/mol. The van der Waals surface area contributed by atoms with Crippen molar-refractivity contribution in [2.45, 2.75) is 185 Å². The van der Waals surface area contributed by atoms with Gasteiger partial charge in [-0.25, -0.2) is 0 Å². The highest BCUT2D eigenvalue weighted by Crippen LogP contribution is 2.46. The summed E-state index contributed by atoms with van der Waals surface area (Å²) in [6.07, 6.45) is 29.6. The quantitative estimate of drug-likeness (QED) is 0.0452. The van der Waals surface area contributed by atoms with Gasteiger partial charge in [-0.05, 0) is 133 Å². The molecule has 1 heterocycles. The van der Waals surface area contributed by atoms with Crippen LogP contribution < -0.4 is 16.4 Å². The number of allylic oxidation sites excluding steroid dienone is 2. The van der Waals surface area contributed by atoms with Gasteiger partial charge >= 0.3 is 5.97 Å². The van der Waals surface area contributed by atoms with Crippen LogP contribution in [0.25, 0.3) is 0 Å². The number of aliphatic carboxylic acids is 1. The molecule has 1 aliphatic heterocycles. The van der Waals surface area contributed by atoms with Crippen LogP contribution in [0.4, 0.5) is 0 Å². The minimum absolute atomic E-state index is 0.0391. The number of hydrogen-bond acceptors (Lipinski definition) is 7. The normalized spacial score (nSPS) is 33.8. The van der Waals surface area contributed by atoms with E-state index in [1.165, 1.54) is 51.4 Å². The first kappa shape index (κ1) is 42.5. The third-order valence-corrected chi connectivity index (χ3v) is 13.2. The molecule has 2 saturated carbocycles. The van der Waals surface area contributed by atoms with Crippen molar-refractivity contribution in [2.75, 3.05) is 13.1 Å². The van der Waals surface area contributed by atoms with Gasteiger partial charge < -0.3 is 36.8 Å². The van der Waals surface area contributed by atoms with Gasteiger partial charge in [-0.1, -0.05) is 89.0 Å². The molecule has 0 radical (unpaired) electrons. The lowest BCUT2D eigenvalue weighted by Crippen LogP contribution is -2.44. The van der Waals surface area contributed by atoms with E-state index in [1.54, 1.807) is 0 Å². The van der Waals surface area contributed by atoms with Crippen molar-refractivity contribution < 1.29 is 25.2 Å². The fourth-order valence-corrected chi connectivity index (χ4v) is 10.0. The monoisotopic (exact) mass is 716 g/mol. The minimum Gasteiger partial charge on any atom is -0.481 e. The second kappa shape index (κ2) is 22.2. The number of carbonyl (C=O) groups is 1. The van der Waals surface area contributed by atoms with Crippen LogP contribution >= 0.6 is 0 Å². The summed E-state index contributed by atoms with van der Waals surface area (Å²) in [6, 6.07) is 0.281. The molecule has 3 aliphatic carbocycles. The maximum atomic E-state index is 12.3. The van der Waals surface area contributed by atoms with Crippen molar-refractivity contribution in [1.29, 1.82) is 0 Å². The van der Waals surface area contributed by atoms with Crippen LogP contribution in [-0.2, 0) is 4.79 Å². The first-order valence-electron chi connectivity index (χ1n) is 21.5. The number of carboxylic acid groups (broad SMARTS) is 1. The number of unbranched alkanes of at least 4 members (excludes halogenated alkanes) is 4. The minimum atomic E-state index is -0.970. The molecule has 11 atom stereocenters. The van der Waals surface area contributed by atoms with Gasteiger partial charge in [0.25, 0.3) is 0 Å². The molecule has 8 N–H and O–H groups in total. The van der Waals surface area contributed by atoms with Crippen LogP contribution in [0.1, 0.15) is 155 Å². The predicted octanol–water partition coefficient (Wildman–Crippen LogP) is 7.46. The maximum Gasteiger partial charge on any atom is 0.309 e. The van der Waals surface area contributed by atoms with Crippen LogP contribution in [-0.4, -0.2) is 69.5 Å². The SMILES string of the molecule is CCCCC[C@H]1C=C[C@@H](CCCCC[C@H](C(=O)O)[C@H](O)CC[C@@]2(O)C[C@@H](CN[C@@H](C)C=CC3CCCCC3)[C@H](CC3CCNC(N)C3)C2)[C@H](O)C1. The van der Waals surface area contributed by atoms with E-state index in [0.717, 1.165) is 70.9 Å². The van der Waals surface area contributed by atoms with Crippen LogP contribution in [0.3, 0.4) is 0 Å². The van der Waals surface area contributed by atoms with E-state index in [2.05, 4.69) is 48.8 Å². The summed E-state index contributed by atoms with van der Waals surface area (Å²) in [5.74, 6) is 0.888. The molecular weight excluding hydrogens is 638 g/mol. The maximum absolute atomic E-state index is 12.3. The third-order valence-electron chi connectivity index (χ3n) is 13.2. The first-order chi connectivity index (χ1) is 24.5. The van der Waals surface area contributed by atoms with Crippen LogP contribution in [0.2, 0.25) is 0 Å². The smallest absolute Gasteiger partial charge is 0.309 e. The van der Waals surface area contributed by atoms with Crippen LogP contribution in [0, 0.1) is 41.4 Å². The third kappa shape index (κ3) is 14.8. The molecule has 0 aromatic rings. The lowest BCUT2D eigenvalue weighted by Gasteiger charge is -2.31. The number of nitrogens with two attached hydrogens (primary N) is 1. The molecule has 2 unspecified atom stereocenters. The Morgan fingerprint density at radius 3 is 2.49 bits per heavy atom. The Morgan fingerprint density at radius 1 is 1.00 bits per heavy atom. The van der Waals surface area contributed by atoms with Gasteiger partial charge in [0.2, 0.25) is 0 Å². The fraction of sp³-hybridized carbons (Fsp3) is 0.884. The summed E-state index contributed by atoms with van der Waals surface area (Å²) >= 11 is 0. The molecule has 4 rings (SSSR count). The van der Waals surface area contributed by atoms with E-state index in [0.29, 0.717) is 61.7 Å². The summed E-state index contributed by atoms with van der Waals surface area (Å²) in [7, 11) is 0. The Morgan fingerprint density at radius 2 is 1.76 bits per heavy atom. The molecule has 51 heavy (non-hydrogen) atoms. The molecule has 0 aromatic carbocycles. The topological polar surface area (TPSA) is 148 Å². The zero-order valence-electron chi connectivity index (χ0n) is 32.4. The molecule has 8 nitrogen and oxygen atoms in total.